The van der Waals surface area contributed by atoms with Gasteiger partial charge in [0.05, 0.1) is 0 Å². The van der Waals surface area contributed by atoms with Crippen LogP contribution in [0.3, 0.4) is 0 Å². The first-order valence-electron chi connectivity index (χ1n) is 7.28. The molecule has 0 spiro atoms. The smallest absolute Gasteiger partial charge is 0.251 e. The minimum atomic E-state index is -0.0552. The monoisotopic (exact) mass is 282 g/mol. The molecule has 0 saturated heterocycles. The van der Waals surface area contributed by atoms with E-state index in [-0.39, 0.29) is 11.9 Å². The predicted octanol–water partition coefficient (Wildman–Crippen LogP) is 3.33. The number of benzene rings is 2. The summed E-state index contributed by atoms with van der Waals surface area (Å²) in [5.74, 6) is -0.0552. The Kier molecular flexibility index (Phi) is 4.99. The molecule has 0 aliphatic carbocycles. The van der Waals surface area contributed by atoms with Crippen LogP contribution in [0.1, 0.15) is 34.8 Å². The molecule has 21 heavy (non-hydrogen) atoms. The summed E-state index contributed by atoms with van der Waals surface area (Å²) >= 11 is 0. The number of anilines is 1. The molecular formula is C18H22N2O. The van der Waals surface area contributed by atoms with E-state index in [9.17, 15) is 4.79 Å². The lowest BCUT2D eigenvalue weighted by Crippen LogP contribution is -2.33. The lowest BCUT2D eigenvalue weighted by Gasteiger charge is -2.15. The van der Waals surface area contributed by atoms with E-state index in [0.29, 0.717) is 11.3 Å². The molecule has 1 atom stereocenters. The molecule has 1 unspecified atom stereocenters. The summed E-state index contributed by atoms with van der Waals surface area (Å²) in [7, 11) is 0. The molecule has 3 N–H and O–H groups in total. The normalized spacial score (nSPS) is 11.9. The topological polar surface area (TPSA) is 55.1 Å². The van der Waals surface area contributed by atoms with E-state index in [4.69, 9.17) is 5.73 Å². The van der Waals surface area contributed by atoms with E-state index in [0.717, 1.165) is 18.4 Å². The van der Waals surface area contributed by atoms with Crippen LogP contribution in [0.15, 0.2) is 48.5 Å². The van der Waals surface area contributed by atoms with E-state index in [2.05, 4.69) is 17.4 Å². The standard InChI is InChI=1S/C18H22N2O/c1-13(11-12-15-7-4-3-5-8-15)20-18(21)16-9-6-10-17(19)14(16)2/h3-10,13H,11-12,19H2,1-2H3,(H,20,21). The van der Waals surface area contributed by atoms with Gasteiger partial charge in [-0.25, -0.2) is 0 Å². The summed E-state index contributed by atoms with van der Waals surface area (Å²) in [6, 6.07) is 15.9. The third-order valence-corrected chi connectivity index (χ3v) is 3.71. The number of rotatable bonds is 5. The zero-order valence-electron chi connectivity index (χ0n) is 12.6. The summed E-state index contributed by atoms with van der Waals surface area (Å²) in [6.45, 7) is 3.90. The fourth-order valence-corrected chi connectivity index (χ4v) is 2.30. The number of aryl methyl sites for hydroxylation is 1. The van der Waals surface area contributed by atoms with Gasteiger partial charge in [0.1, 0.15) is 0 Å². The summed E-state index contributed by atoms with van der Waals surface area (Å²) in [5, 5.41) is 3.04. The molecule has 2 aromatic carbocycles. The van der Waals surface area contributed by atoms with Crippen molar-refractivity contribution in [1.82, 2.24) is 5.32 Å². The first-order valence-corrected chi connectivity index (χ1v) is 7.28. The van der Waals surface area contributed by atoms with Gasteiger partial charge in [-0.05, 0) is 49.9 Å². The van der Waals surface area contributed by atoms with Crippen molar-refractivity contribution in [3.05, 3.63) is 65.2 Å². The lowest BCUT2D eigenvalue weighted by atomic mass is 10.0. The number of carbonyl (C=O) groups excluding carboxylic acids is 1. The highest BCUT2D eigenvalue weighted by Crippen LogP contribution is 2.15. The molecule has 0 aliphatic heterocycles. The molecule has 3 heteroatoms. The number of hydrogen-bond acceptors (Lipinski definition) is 2. The van der Waals surface area contributed by atoms with Crippen LogP contribution >= 0.6 is 0 Å². The fourth-order valence-electron chi connectivity index (χ4n) is 2.30. The first kappa shape index (κ1) is 15.1. The highest BCUT2D eigenvalue weighted by atomic mass is 16.1. The number of nitrogens with one attached hydrogen (secondary N) is 1. The van der Waals surface area contributed by atoms with Gasteiger partial charge in [0, 0.05) is 17.3 Å². The van der Waals surface area contributed by atoms with Crippen LogP contribution in [0.2, 0.25) is 0 Å². The summed E-state index contributed by atoms with van der Waals surface area (Å²) in [5.41, 5.74) is 9.28. The SMILES string of the molecule is Cc1c(N)cccc1C(=O)NC(C)CCc1ccccc1. The van der Waals surface area contributed by atoms with E-state index in [1.165, 1.54) is 5.56 Å². The number of nitrogens with two attached hydrogens (primary N) is 1. The Bertz CT molecular complexity index is 608. The van der Waals surface area contributed by atoms with Gasteiger partial charge in [-0.1, -0.05) is 36.4 Å². The molecule has 0 fully saturated rings. The van der Waals surface area contributed by atoms with Gasteiger partial charge in [0.25, 0.3) is 5.91 Å². The van der Waals surface area contributed by atoms with Crippen LogP contribution < -0.4 is 11.1 Å². The van der Waals surface area contributed by atoms with Crippen LogP contribution in [0.4, 0.5) is 5.69 Å². The van der Waals surface area contributed by atoms with Crippen molar-refractivity contribution in [2.45, 2.75) is 32.7 Å². The minimum absolute atomic E-state index is 0.0552. The Morgan fingerprint density at radius 1 is 1.14 bits per heavy atom. The van der Waals surface area contributed by atoms with Crippen LogP contribution in [0.5, 0.6) is 0 Å². The number of carbonyl (C=O) groups is 1. The molecule has 0 bridgehead atoms. The van der Waals surface area contributed by atoms with Crippen molar-refractivity contribution in [2.75, 3.05) is 5.73 Å². The molecule has 2 aromatic rings. The third kappa shape index (κ3) is 4.09. The number of nitrogen functional groups attached to an aromatic ring is 1. The van der Waals surface area contributed by atoms with Crippen molar-refractivity contribution in [3.63, 3.8) is 0 Å². The minimum Gasteiger partial charge on any atom is -0.398 e. The lowest BCUT2D eigenvalue weighted by molar-refractivity contribution is 0.0938. The van der Waals surface area contributed by atoms with E-state index in [1.54, 1.807) is 0 Å². The van der Waals surface area contributed by atoms with Crippen molar-refractivity contribution in [1.29, 1.82) is 0 Å². The van der Waals surface area contributed by atoms with Gasteiger partial charge in [0.2, 0.25) is 0 Å². The number of hydrogen-bond donors (Lipinski definition) is 2. The van der Waals surface area contributed by atoms with Crippen molar-refractivity contribution in [3.8, 4) is 0 Å². The van der Waals surface area contributed by atoms with Gasteiger partial charge < -0.3 is 11.1 Å². The van der Waals surface area contributed by atoms with Gasteiger partial charge in [0.15, 0.2) is 0 Å². The van der Waals surface area contributed by atoms with Crippen LogP contribution in [0.25, 0.3) is 0 Å². The van der Waals surface area contributed by atoms with E-state index in [1.807, 2.05) is 50.2 Å². The molecule has 0 aliphatic rings. The van der Waals surface area contributed by atoms with Gasteiger partial charge in [-0.3, -0.25) is 4.79 Å². The van der Waals surface area contributed by atoms with Gasteiger partial charge >= 0.3 is 0 Å². The molecule has 2 rings (SSSR count). The Labute approximate surface area is 126 Å². The maximum Gasteiger partial charge on any atom is 0.251 e. The Morgan fingerprint density at radius 3 is 2.57 bits per heavy atom. The predicted molar refractivity (Wildman–Crippen MR) is 87.3 cm³/mol. The average molecular weight is 282 g/mol. The fraction of sp³-hybridized carbons (Fsp3) is 0.278. The molecule has 0 saturated carbocycles. The van der Waals surface area contributed by atoms with Gasteiger partial charge in [-0.15, -0.1) is 0 Å². The maximum absolute atomic E-state index is 12.3. The number of amides is 1. The summed E-state index contributed by atoms with van der Waals surface area (Å²) < 4.78 is 0. The van der Waals surface area contributed by atoms with Crippen molar-refractivity contribution < 1.29 is 4.79 Å². The molecule has 0 heterocycles. The zero-order chi connectivity index (χ0) is 15.2. The maximum atomic E-state index is 12.3. The second kappa shape index (κ2) is 6.93. The highest BCUT2D eigenvalue weighted by Gasteiger charge is 2.13. The Morgan fingerprint density at radius 2 is 1.86 bits per heavy atom. The molecule has 3 nitrogen and oxygen atoms in total. The van der Waals surface area contributed by atoms with E-state index < -0.39 is 0 Å². The molecular weight excluding hydrogens is 260 g/mol. The van der Waals surface area contributed by atoms with Gasteiger partial charge in [-0.2, -0.15) is 0 Å². The average Bonchev–Trinajstić information content (AvgIpc) is 2.49. The largest absolute Gasteiger partial charge is 0.398 e. The Hall–Kier alpha value is -2.29. The first-order chi connectivity index (χ1) is 10.1. The molecule has 110 valence electrons. The second-order valence-electron chi connectivity index (χ2n) is 5.42. The van der Waals surface area contributed by atoms with Crippen molar-refractivity contribution in [2.24, 2.45) is 0 Å². The molecule has 1 amide bonds. The second-order valence-corrected chi connectivity index (χ2v) is 5.42. The van der Waals surface area contributed by atoms with Crippen LogP contribution in [-0.2, 0) is 6.42 Å². The van der Waals surface area contributed by atoms with E-state index >= 15 is 0 Å². The molecule has 0 radical (unpaired) electrons. The highest BCUT2D eigenvalue weighted by molar-refractivity contribution is 5.97. The van der Waals surface area contributed by atoms with Crippen LogP contribution in [0, 0.1) is 6.92 Å². The zero-order valence-corrected chi connectivity index (χ0v) is 12.6. The Balaban J connectivity index is 1.92. The summed E-state index contributed by atoms with van der Waals surface area (Å²) in [6.07, 6.45) is 1.87. The van der Waals surface area contributed by atoms with Crippen LogP contribution in [-0.4, -0.2) is 11.9 Å². The quantitative estimate of drug-likeness (QED) is 0.826. The van der Waals surface area contributed by atoms with Crippen molar-refractivity contribution >= 4 is 11.6 Å². The third-order valence-electron chi connectivity index (χ3n) is 3.71. The molecule has 0 aromatic heterocycles. The summed E-state index contributed by atoms with van der Waals surface area (Å²) in [4.78, 5) is 12.3.